The molecule has 6 heteroatoms. The fourth-order valence-electron chi connectivity index (χ4n) is 4.46. The first kappa shape index (κ1) is 27.0. The number of ether oxygens (including phenoxy) is 2. The number of aryl methyl sites for hydroxylation is 2. The van der Waals surface area contributed by atoms with Crippen LogP contribution in [0.4, 0.5) is 5.69 Å². The Morgan fingerprint density at radius 3 is 2.24 bits per heavy atom. The van der Waals surface area contributed by atoms with Gasteiger partial charge >= 0.3 is 0 Å². The summed E-state index contributed by atoms with van der Waals surface area (Å²) in [5.74, 6) is 0.182. The molecule has 1 heterocycles. The van der Waals surface area contributed by atoms with Crippen LogP contribution in [-0.2, 0) is 9.59 Å². The average molecular weight is 514 g/mol. The summed E-state index contributed by atoms with van der Waals surface area (Å²) in [6.45, 7) is 11.2. The summed E-state index contributed by atoms with van der Waals surface area (Å²) in [6.07, 6.45) is 0.880. The summed E-state index contributed by atoms with van der Waals surface area (Å²) in [5, 5.41) is 11.5. The lowest BCUT2D eigenvalue weighted by Gasteiger charge is -2.26. The number of anilines is 1. The second-order valence-corrected chi connectivity index (χ2v) is 10.1. The van der Waals surface area contributed by atoms with Gasteiger partial charge in [-0.2, -0.15) is 0 Å². The summed E-state index contributed by atoms with van der Waals surface area (Å²) in [5.41, 5.74) is 3.65. The van der Waals surface area contributed by atoms with Gasteiger partial charge in [0, 0.05) is 11.3 Å². The zero-order valence-electron chi connectivity index (χ0n) is 22.7. The average Bonchev–Trinajstić information content (AvgIpc) is 3.17. The van der Waals surface area contributed by atoms with Crippen LogP contribution in [0.15, 0.2) is 72.3 Å². The lowest BCUT2D eigenvalue weighted by molar-refractivity contribution is -0.132. The molecular formula is C32H35NO5. The molecule has 1 aliphatic heterocycles. The Bertz CT molecular complexity index is 1340. The number of nitrogens with zero attached hydrogens (tertiary/aromatic N) is 1. The molecule has 3 aromatic carbocycles. The van der Waals surface area contributed by atoms with Crippen LogP contribution in [0.25, 0.3) is 5.76 Å². The molecule has 0 radical (unpaired) electrons. The summed E-state index contributed by atoms with van der Waals surface area (Å²) < 4.78 is 11.6. The number of aliphatic hydroxyl groups is 1. The molecule has 1 fully saturated rings. The first-order valence-corrected chi connectivity index (χ1v) is 13.1. The summed E-state index contributed by atoms with van der Waals surface area (Å²) in [7, 11) is 0. The van der Waals surface area contributed by atoms with Gasteiger partial charge in [-0.25, -0.2) is 0 Å². The van der Waals surface area contributed by atoms with E-state index in [4.69, 9.17) is 9.47 Å². The van der Waals surface area contributed by atoms with E-state index in [2.05, 4.69) is 13.8 Å². The molecule has 1 unspecified atom stereocenters. The van der Waals surface area contributed by atoms with Crippen LogP contribution in [-0.4, -0.2) is 30.0 Å². The van der Waals surface area contributed by atoms with Gasteiger partial charge in [0.2, 0.25) is 0 Å². The van der Waals surface area contributed by atoms with Gasteiger partial charge < -0.3 is 14.6 Å². The van der Waals surface area contributed by atoms with E-state index in [1.54, 1.807) is 18.2 Å². The Morgan fingerprint density at radius 2 is 1.63 bits per heavy atom. The van der Waals surface area contributed by atoms with Crippen molar-refractivity contribution < 1.29 is 24.2 Å². The van der Waals surface area contributed by atoms with Gasteiger partial charge in [-0.3, -0.25) is 14.5 Å². The molecule has 1 aliphatic rings. The highest BCUT2D eigenvalue weighted by Gasteiger charge is 2.47. The van der Waals surface area contributed by atoms with Crippen LogP contribution < -0.4 is 14.4 Å². The fourth-order valence-corrected chi connectivity index (χ4v) is 4.46. The van der Waals surface area contributed by atoms with Crippen LogP contribution in [0.3, 0.4) is 0 Å². The Balaban J connectivity index is 1.81. The van der Waals surface area contributed by atoms with E-state index in [-0.39, 0.29) is 11.3 Å². The number of Topliss-reactive ketones (excluding diaryl/α,β-unsaturated/α-hetero) is 1. The second kappa shape index (κ2) is 11.5. The molecule has 6 nitrogen and oxygen atoms in total. The maximum absolute atomic E-state index is 13.4. The number of carbonyl (C=O) groups is 2. The van der Waals surface area contributed by atoms with Gasteiger partial charge in [0.25, 0.3) is 11.7 Å². The minimum absolute atomic E-state index is 0.0491. The monoisotopic (exact) mass is 513 g/mol. The second-order valence-electron chi connectivity index (χ2n) is 10.1. The highest BCUT2D eigenvalue weighted by molar-refractivity contribution is 6.51. The lowest BCUT2D eigenvalue weighted by atomic mass is 9.94. The summed E-state index contributed by atoms with van der Waals surface area (Å²) >= 11 is 0. The highest BCUT2D eigenvalue weighted by atomic mass is 16.5. The summed E-state index contributed by atoms with van der Waals surface area (Å²) in [4.78, 5) is 28.3. The smallest absolute Gasteiger partial charge is 0.300 e. The zero-order chi connectivity index (χ0) is 27.4. The molecule has 38 heavy (non-hydrogen) atoms. The number of hydrogen-bond acceptors (Lipinski definition) is 5. The maximum Gasteiger partial charge on any atom is 0.300 e. The fraction of sp³-hybridized carbons (Fsp3) is 0.312. The number of aliphatic hydroxyl groups excluding tert-OH is 1. The highest BCUT2D eigenvalue weighted by Crippen LogP contribution is 2.42. The predicted octanol–water partition coefficient (Wildman–Crippen LogP) is 6.75. The number of hydrogen-bond donors (Lipinski definition) is 1. The summed E-state index contributed by atoms with van der Waals surface area (Å²) in [6, 6.07) is 19.2. The van der Waals surface area contributed by atoms with Crippen LogP contribution in [0.5, 0.6) is 11.5 Å². The van der Waals surface area contributed by atoms with Gasteiger partial charge in [0.1, 0.15) is 17.3 Å². The SMILES string of the molecule is CCCOc1ccc(/C(O)=C2/C(=O)C(=O)N(c3ccc(C)cc3)C2c2ccc(OCC(C)C)cc2)cc1C. The number of rotatable bonds is 9. The van der Waals surface area contributed by atoms with E-state index in [0.29, 0.717) is 41.7 Å². The first-order chi connectivity index (χ1) is 18.2. The Morgan fingerprint density at radius 1 is 0.947 bits per heavy atom. The molecule has 0 spiro atoms. The van der Waals surface area contributed by atoms with Crippen LogP contribution in [0.2, 0.25) is 0 Å². The van der Waals surface area contributed by atoms with Crippen molar-refractivity contribution in [2.45, 2.75) is 47.1 Å². The van der Waals surface area contributed by atoms with E-state index in [9.17, 15) is 14.7 Å². The lowest BCUT2D eigenvalue weighted by Crippen LogP contribution is -2.29. The number of benzene rings is 3. The molecule has 1 amide bonds. The third-order valence-electron chi connectivity index (χ3n) is 6.45. The molecule has 0 saturated carbocycles. The van der Waals surface area contributed by atoms with Crippen molar-refractivity contribution in [2.75, 3.05) is 18.1 Å². The Labute approximate surface area is 224 Å². The quantitative estimate of drug-likeness (QED) is 0.194. The molecule has 1 N–H and O–H groups in total. The van der Waals surface area contributed by atoms with Gasteiger partial charge in [0.05, 0.1) is 24.8 Å². The van der Waals surface area contributed by atoms with Crippen molar-refractivity contribution in [3.63, 3.8) is 0 Å². The van der Waals surface area contributed by atoms with Crippen LogP contribution >= 0.6 is 0 Å². The van der Waals surface area contributed by atoms with Gasteiger partial charge in [-0.15, -0.1) is 0 Å². The molecule has 3 aromatic rings. The number of carbonyl (C=O) groups excluding carboxylic acids is 2. The maximum atomic E-state index is 13.4. The third kappa shape index (κ3) is 5.59. The molecule has 4 rings (SSSR count). The number of ketones is 1. The normalized spacial score (nSPS) is 16.8. The van der Waals surface area contributed by atoms with Crippen molar-refractivity contribution in [3.8, 4) is 11.5 Å². The standard InChI is InChI=1S/C32H35NO5/c1-6-17-37-27-16-11-24(18-22(27)5)30(34)28-29(23-9-14-26(15-10-23)38-19-20(2)3)33(32(36)31(28)35)25-12-7-21(4)8-13-25/h7-16,18,20,29,34H,6,17,19H2,1-5H3/b30-28-. The first-order valence-electron chi connectivity index (χ1n) is 13.1. The van der Waals surface area contributed by atoms with Crippen LogP contribution in [0.1, 0.15) is 55.5 Å². The Kier molecular flexibility index (Phi) is 8.20. The van der Waals surface area contributed by atoms with Gasteiger partial charge in [0.15, 0.2) is 0 Å². The molecule has 0 aliphatic carbocycles. The van der Waals surface area contributed by atoms with E-state index in [1.165, 1.54) is 4.90 Å². The molecule has 0 aromatic heterocycles. The van der Waals surface area contributed by atoms with Crippen molar-refractivity contribution in [2.24, 2.45) is 5.92 Å². The van der Waals surface area contributed by atoms with Crippen molar-refractivity contribution in [1.29, 1.82) is 0 Å². The molecular weight excluding hydrogens is 478 g/mol. The van der Waals surface area contributed by atoms with Crippen molar-refractivity contribution >= 4 is 23.1 Å². The molecule has 0 bridgehead atoms. The van der Waals surface area contributed by atoms with E-state index in [1.807, 2.05) is 69.3 Å². The largest absolute Gasteiger partial charge is 0.507 e. The van der Waals surface area contributed by atoms with Crippen molar-refractivity contribution in [3.05, 3.63) is 94.6 Å². The zero-order valence-corrected chi connectivity index (χ0v) is 22.7. The minimum atomic E-state index is -0.798. The Hall–Kier alpha value is -4.06. The number of amides is 1. The molecule has 1 atom stereocenters. The van der Waals surface area contributed by atoms with E-state index < -0.39 is 17.7 Å². The van der Waals surface area contributed by atoms with Crippen LogP contribution in [0, 0.1) is 19.8 Å². The topological polar surface area (TPSA) is 76.1 Å². The predicted molar refractivity (Wildman–Crippen MR) is 150 cm³/mol. The molecule has 198 valence electrons. The van der Waals surface area contributed by atoms with Crippen molar-refractivity contribution in [1.82, 2.24) is 0 Å². The van der Waals surface area contributed by atoms with Gasteiger partial charge in [-0.1, -0.05) is 50.6 Å². The minimum Gasteiger partial charge on any atom is -0.507 e. The van der Waals surface area contributed by atoms with Gasteiger partial charge in [-0.05, 0) is 79.8 Å². The molecule has 1 saturated heterocycles. The third-order valence-corrected chi connectivity index (χ3v) is 6.45. The van der Waals surface area contributed by atoms with E-state index >= 15 is 0 Å². The van der Waals surface area contributed by atoms with E-state index in [0.717, 1.165) is 23.3 Å².